The van der Waals surface area contributed by atoms with Gasteiger partial charge in [0.2, 0.25) is 0 Å². The number of hydrogen-bond acceptors (Lipinski definition) is 4. The highest BCUT2D eigenvalue weighted by atomic mass is 32.2. The van der Waals surface area contributed by atoms with Gasteiger partial charge in [-0.05, 0) is 32.3 Å². The average Bonchev–Trinajstić information content (AvgIpc) is 3.22. The summed E-state index contributed by atoms with van der Waals surface area (Å²) in [5.41, 5.74) is 0.770. The topological polar surface area (TPSA) is 60.9 Å². The quantitative estimate of drug-likeness (QED) is 0.786. The molecule has 0 N–H and O–H groups in total. The van der Waals surface area contributed by atoms with Crippen LogP contribution >= 0.6 is 11.3 Å². The lowest BCUT2D eigenvalue weighted by atomic mass is 10.1. The summed E-state index contributed by atoms with van der Waals surface area (Å²) in [6.45, 7) is 5.09. The summed E-state index contributed by atoms with van der Waals surface area (Å²) in [5, 5.41) is 0.996. The van der Waals surface area contributed by atoms with Crippen molar-refractivity contribution in [2.75, 3.05) is 39.3 Å². The third-order valence-electron chi connectivity index (χ3n) is 5.45. The van der Waals surface area contributed by atoms with Gasteiger partial charge in [-0.3, -0.25) is 4.79 Å². The van der Waals surface area contributed by atoms with Crippen LogP contribution < -0.4 is 0 Å². The van der Waals surface area contributed by atoms with Crippen molar-refractivity contribution in [2.24, 2.45) is 0 Å². The maximum absolute atomic E-state index is 13.2. The zero-order valence-electron chi connectivity index (χ0n) is 15.6. The predicted molar refractivity (Wildman–Crippen MR) is 108 cm³/mol. The number of aryl methyl sites for hydroxylation is 1. The van der Waals surface area contributed by atoms with Crippen LogP contribution in [0.25, 0.3) is 10.1 Å². The number of rotatable bonds is 3. The standard InChI is InChI=1S/C19H25N3O3S2/c1-15-18(16-7-2-3-8-17(16)26-15)19(23)20-9-6-12-22(14-13-20)27(24,25)21-10-4-5-11-21/h2-3,7-8H,4-6,9-14H2,1H3. The van der Waals surface area contributed by atoms with Crippen molar-refractivity contribution in [3.63, 3.8) is 0 Å². The van der Waals surface area contributed by atoms with E-state index in [1.54, 1.807) is 19.9 Å². The predicted octanol–water partition coefficient (Wildman–Crippen LogP) is 2.70. The van der Waals surface area contributed by atoms with Gasteiger partial charge >= 0.3 is 0 Å². The molecule has 1 amide bonds. The molecular weight excluding hydrogens is 382 g/mol. The summed E-state index contributed by atoms with van der Waals surface area (Å²) in [6.07, 6.45) is 2.53. The number of carbonyl (C=O) groups is 1. The van der Waals surface area contributed by atoms with E-state index >= 15 is 0 Å². The van der Waals surface area contributed by atoms with Crippen molar-refractivity contribution in [2.45, 2.75) is 26.2 Å². The molecule has 146 valence electrons. The molecular formula is C19H25N3O3S2. The van der Waals surface area contributed by atoms with Crippen LogP contribution in [0, 0.1) is 6.92 Å². The lowest BCUT2D eigenvalue weighted by Gasteiger charge is -2.26. The zero-order chi connectivity index (χ0) is 19.0. The van der Waals surface area contributed by atoms with E-state index < -0.39 is 10.2 Å². The molecule has 0 unspecified atom stereocenters. The maximum atomic E-state index is 13.2. The first-order valence-corrected chi connectivity index (χ1v) is 11.7. The second kappa shape index (κ2) is 7.50. The normalized spacial score (nSPS) is 20.3. The van der Waals surface area contributed by atoms with Crippen molar-refractivity contribution in [3.05, 3.63) is 34.7 Å². The minimum atomic E-state index is -3.40. The molecule has 0 aliphatic carbocycles. The summed E-state index contributed by atoms with van der Waals surface area (Å²) >= 11 is 1.64. The van der Waals surface area contributed by atoms with E-state index in [0.717, 1.165) is 33.4 Å². The van der Waals surface area contributed by atoms with Gasteiger partial charge in [-0.15, -0.1) is 11.3 Å². The Morgan fingerprint density at radius 2 is 1.59 bits per heavy atom. The first-order valence-electron chi connectivity index (χ1n) is 9.51. The second-order valence-corrected chi connectivity index (χ2v) is 10.4. The van der Waals surface area contributed by atoms with E-state index in [1.165, 1.54) is 0 Å². The zero-order valence-corrected chi connectivity index (χ0v) is 17.2. The van der Waals surface area contributed by atoms with Gasteiger partial charge in [0.15, 0.2) is 0 Å². The number of amides is 1. The number of nitrogens with zero attached hydrogens (tertiary/aromatic N) is 3. The minimum absolute atomic E-state index is 0.0189. The molecule has 2 aliphatic heterocycles. The van der Waals surface area contributed by atoms with Crippen molar-refractivity contribution in [1.29, 1.82) is 0 Å². The van der Waals surface area contributed by atoms with Gasteiger partial charge in [0, 0.05) is 54.2 Å². The van der Waals surface area contributed by atoms with E-state index in [-0.39, 0.29) is 5.91 Å². The lowest BCUT2D eigenvalue weighted by molar-refractivity contribution is 0.0766. The highest BCUT2D eigenvalue weighted by Crippen LogP contribution is 2.31. The van der Waals surface area contributed by atoms with Gasteiger partial charge < -0.3 is 4.90 Å². The molecule has 0 atom stereocenters. The fraction of sp³-hybridized carbons (Fsp3) is 0.526. The summed E-state index contributed by atoms with van der Waals surface area (Å²) in [6, 6.07) is 7.97. The highest BCUT2D eigenvalue weighted by molar-refractivity contribution is 7.86. The number of thiophene rings is 1. The van der Waals surface area contributed by atoms with Crippen LogP contribution in [0.4, 0.5) is 0 Å². The molecule has 2 fully saturated rings. The Bertz CT molecular complexity index is 948. The monoisotopic (exact) mass is 407 g/mol. The summed E-state index contributed by atoms with van der Waals surface area (Å²) in [7, 11) is -3.40. The van der Waals surface area contributed by atoms with Gasteiger partial charge in [-0.2, -0.15) is 17.0 Å². The van der Waals surface area contributed by atoms with Gasteiger partial charge in [-0.25, -0.2) is 0 Å². The molecule has 2 aliphatic rings. The third-order valence-corrected chi connectivity index (χ3v) is 8.57. The molecule has 0 bridgehead atoms. The van der Waals surface area contributed by atoms with Crippen LogP contribution in [-0.4, -0.2) is 67.1 Å². The molecule has 6 nitrogen and oxygen atoms in total. The molecule has 3 heterocycles. The molecule has 0 spiro atoms. The molecule has 2 aromatic rings. The van der Waals surface area contributed by atoms with Crippen molar-refractivity contribution < 1.29 is 13.2 Å². The van der Waals surface area contributed by atoms with Gasteiger partial charge in [0.1, 0.15) is 0 Å². The van der Waals surface area contributed by atoms with E-state index in [1.807, 2.05) is 36.1 Å². The Morgan fingerprint density at radius 1 is 0.926 bits per heavy atom. The third kappa shape index (κ3) is 3.51. The largest absolute Gasteiger partial charge is 0.337 e. The number of fused-ring (bicyclic) bond motifs is 1. The van der Waals surface area contributed by atoms with Crippen LogP contribution in [0.15, 0.2) is 24.3 Å². The number of carbonyl (C=O) groups excluding carboxylic acids is 1. The highest BCUT2D eigenvalue weighted by Gasteiger charge is 2.33. The van der Waals surface area contributed by atoms with E-state index in [9.17, 15) is 13.2 Å². The smallest absolute Gasteiger partial charge is 0.282 e. The molecule has 0 saturated carbocycles. The lowest BCUT2D eigenvalue weighted by Crippen LogP contribution is -2.44. The minimum Gasteiger partial charge on any atom is -0.337 e. The van der Waals surface area contributed by atoms with Crippen LogP contribution in [0.5, 0.6) is 0 Å². The van der Waals surface area contributed by atoms with E-state index in [0.29, 0.717) is 45.7 Å². The molecule has 0 radical (unpaired) electrons. The molecule has 27 heavy (non-hydrogen) atoms. The molecule has 8 heteroatoms. The first kappa shape index (κ1) is 18.9. The molecule has 1 aromatic heterocycles. The number of hydrogen-bond donors (Lipinski definition) is 0. The molecule has 2 saturated heterocycles. The Kier molecular flexibility index (Phi) is 5.24. The SMILES string of the molecule is Cc1sc2ccccc2c1C(=O)N1CCCN(S(=O)(=O)N2CCCC2)CC1. The Morgan fingerprint density at radius 3 is 2.37 bits per heavy atom. The summed E-state index contributed by atoms with van der Waals surface area (Å²) in [4.78, 5) is 16.1. The van der Waals surface area contributed by atoms with Crippen LogP contribution in [-0.2, 0) is 10.2 Å². The van der Waals surface area contributed by atoms with Crippen molar-refractivity contribution >= 4 is 37.5 Å². The van der Waals surface area contributed by atoms with E-state index in [2.05, 4.69) is 0 Å². The molecule has 4 rings (SSSR count). The Hall–Kier alpha value is -1.48. The Labute approximate surface area is 164 Å². The van der Waals surface area contributed by atoms with Crippen LogP contribution in [0.1, 0.15) is 34.5 Å². The second-order valence-electron chi connectivity index (χ2n) is 7.19. The van der Waals surface area contributed by atoms with Crippen LogP contribution in [0.3, 0.4) is 0 Å². The van der Waals surface area contributed by atoms with Crippen LogP contribution in [0.2, 0.25) is 0 Å². The fourth-order valence-electron chi connectivity index (χ4n) is 4.00. The first-order chi connectivity index (χ1) is 13.0. The van der Waals surface area contributed by atoms with E-state index in [4.69, 9.17) is 0 Å². The van der Waals surface area contributed by atoms with Crippen molar-refractivity contribution in [1.82, 2.24) is 13.5 Å². The Balaban J connectivity index is 1.52. The molecule has 1 aromatic carbocycles. The summed E-state index contributed by atoms with van der Waals surface area (Å²) < 4.78 is 29.9. The summed E-state index contributed by atoms with van der Waals surface area (Å²) in [5.74, 6) is 0.0189. The maximum Gasteiger partial charge on any atom is 0.282 e. The van der Waals surface area contributed by atoms with Gasteiger partial charge in [0.05, 0.1) is 5.56 Å². The van der Waals surface area contributed by atoms with Gasteiger partial charge in [0.25, 0.3) is 16.1 Å². The van der Waals surface area contributed by atoms with Gasteiger partial charge in [-0.1, -0.05) is 18.2 Å². The number of benzene rings is 1. The fourth-order valence-corrected chi connectivity index (χ4v) is 6.78. The van der Waals surface area contributed by atoms with Crippen molar-refractivity contribution in [3.8, 4) is 0 Å². The average molecular weight is 408 g/mol.